The van der Waals surface area contributed by atoms with Crippen LogP contribution in [0.2, 0.25) is 0 Å². The zero-order valence-electron chi connectivity index (χ0n) is 12.6. The molecule has 0 radical (unpaired) electrons. The van der Waals surface area contributed by atoms with Crippen LogP contribution in [0.3, 0.4) is 0 Å². The molecule has 1 saturated carbocycles. The summed E-state index contributed by atoms with van der Waals surface area (Å²) in [6.45, 7) is 1.75. The molecule has 2 aliphatic rings. The summed E-state index contributed by atoms with van der Waals surface area (Å²) in [6.07, 6.45) is 7.72. The molecule has 0 spiro atoms. The number of anilines is 3. The Balaban J connectivity index is 1.90. The topological polar surface area (TPSA) is 110 Å². The second kappa shape index (κ2) is 6.33. The zero-order valence-corrected chi connectivity index (χ0v) is 12.6. The van der Waals surface area contributed by atoms with E-state index in [4.69, 9.17) is 5.73 Å². The van der Waals surface area contributed by atoms with Crippen molar-refractivity contribution < 1.29 is 4.92 Å². The first-order valence-electron chi connectivity index (χ1n) is 7.98. The van der Waals surface area contributed by atoms with Gasteiger partial charge in [0.25, 0.3) is 0 Å². The van der Waals surface area contributed by atoms with Crippen molar-refractivity contribution >= 4 is 23.3 Å². The van der Waals surface area contributed by atoms with E-state index in [0.717, 1.165) is 51.6 Å². The summed E-state index contributed by atoms with van der Waals surface area (Å²) < 4.78 is 0. The first-order chi connectivity index (χ1) is 10.6. The molecule has 3 N–H and O–H groups in total. The van der Waals surface area contributed by atoms with Gasteiger partial charge in [-0.15, -0.1) is 0 Å². The Morgan fingerprint density at radius 2 is 1.82 bits per heavy atom. The highest BCUT2D eigenvalue weighted by Crippen LogP contribution is 2.33. The van der Waals surface area contributed by atoms with E-state index < -0.39 is 4.92 Å². The third kappa shape index (κ3) is 3.05. The number of nitrogens with two attached hydrogens (primary N) is 1. The molecule has 1 aliphatic carbocycles. The SMILES string of the molecule is Nc1nc(N2CCCC2)nc(NC2CCCCC2)c1[N+](=O)[O-]. The third-order valence-corrected chi connectivity index (χ3v) is 4.42. The smallest absolute Gasteiger partial charge is 0.353 e. The van der Waals surface area contributed by atoms with Gasteiger partial charge in [-0.1, -0.05) is 19.3 Å². The molecule has 22 heavy (non-hydrogen) atoms. The fraction of sp³-hybridized carbons (Fsp3) is 0.714. The molecule has 0 aromatic carbocycles. The van der Waals surface area contributed by atoms with Crippen LogP contribution < -0.4 is 16.0 Å². The minimum Gasteiger partial charge on any atom is -0.378 e. The largest absolute Gasteiger partial charge is 0.378 e. The molecular weight excluding hydrogens is 284 g/mol. The lowest BCUT2D eigenvalue weighted by atomic mass is 9.95. The fourth-order valence-electron chi connectivity index (χ4n) is 3.24. The highest BCUT2D eigenvalue weighted by atomic mass is 16.6. The van der Waals surface area contributed by atoms with Crippen molar-refractivity contribution in [3.05, 3.63) is 10.1 Å². The van der Waals surface area contributed by atoms with Crippen LogP contribution in [-0.4, -0.2) is 34.0 Å². The molecule has 1 aromatic rings. The van der Waals surface area contributed by atoms with Crippen molar-refractivity contribution in [1.82, 2.24) is 9.97 Å². The van der Waals surface area contributed by atoms with Crippen LogP contribution in [0, 0.1) is 10.1 Å². The normalized spacial score (nSPS) is 19.4. The predicted octanol–water partition coefficient (Wildman–Crippen LogP) is 2.31. The average molecular weight is 306 g/mol. The van der Waals surface area contributed by atoms with E-state index in [9.17, 15) is 10.1 Å². The highest BCUT2D eigenvalue weighted by Gasteiger charge is 2.27. The molecular formula is C14H22N6O2. The van der Waals surface area contributed by atoms with Crippen LogP contribution in [-0.2, 0) is 0 Å². The van der Waals surface area contributed by atoms with Crippen LogP contribution in [0.4, 0.5) is 23.3 Å². The number of nitro groups is 1. The Morgan fingerprint density at radius 1 is 1.14 bits per heavy atom. The van der Waals surface area contributed by atoms with E-state index in [1.165, 1.54) is 6.42 Å². The summed E-state index contributed by atoms with van der Waals surface area (Å²) in [7, 11) is 0. The summed E-state index contributed by atoms with van der Waals surface area (Å²) in [6, 6.07) is 0.230. The lowest BCUT2D eigenvalue weighted by Crippen LogP contribution is -2.26. The van der Waals surface area contributed by atoms with E-state index >= 15 is 0 Å². The monoisotopic (exact) mass is 306 g/mol. The molecule has 0 amide bonds. The second-order valence-corrected chi connectivity index (χ2v) is 6.04. The Labute approximate surface area is 129 Å². The van der Waals surface area contributed by atoms with Crippen molar-refractivity contribution in [2.24, 2.45) is 0 Å². The van der Waals surface area contributed by atoms with Gasteiger partial charge in [0.2, 0.25) is 17.6 Å². The van der Waals surface area contributed by atoms with Crippen LogP contribution in [0.5, 0.6) is 0 Å². The van der Waals surface area contributed by atoms with Crippen LogP contribution in [0.1, 0.15) is 44.9 Å². The lowest BCUT2D eigenvalue weighted by Gasteiger charge is -2.24. The van der Waals surface area contributed by atoms with Gasteiger partial charge in [-0.3, -0.25) is 10.1 Å². The Kier molecular flexibility index (Phi) is 4.26. The van der Waals surface area contributed by atoms with Crippen LogP contribution >= 0.6 is 0 Å². The van der Waals surface area contributed by atoms with E-state index in [-0.39, 0.29) is 23.4 Å². The van der Waals surface area contributed by atoms with E-state index in [2.05, 4.69) is 15.3 Å². The number of hydrogen-bond donors (Lipinski definition) is 2. The van der Waals surface area contributed by atoms with Crippen LogP contribution in [0.15, 0.2) is 0 Å². The summed E-state index contributed by atoms with van der Waals surface area (Å²) in [4.78, 5) is 21.4. The standard InChI is InChI=1S/C14H22N6O2/c15-12-11(20(21)22)13(16-10-6-2-1-3-7-10)18-14(17-12)19-8-4-5-9-19/h10H,1-9H2,(H3,15,16,17,18). The molecule has 3 rings (SSSR count). The van der Waals surface area contributed by atoms with Gasteiger partial charge >= 0.3 is 5.69 Å². The summed E-state index contributed by atoms with van der Waals surface area (Å²) >= 11 is 0. The van der Waals surface area contributed by atoms with Gasteiger partial charge in [-0.2, -0.15) is 9.97 Å². The minimum absolute atomic E-state index is 0.0554. The number of aromatic nitrogens is 2. The first kappa shape index (κ1) is 14.8. The molecule has 0 atom stereocenters. The van der Waals surface area contributed by atoms with Crippen molar-refractivity contribution in [3.8, 4) is 0 Å². The Bertz CT molecular complexity index is 553. The van der Waals surface area contributed by atoms with Crippen molar-refractivity contribution in [1.29, 1.82) is 0 Å². The molecule has 0 bridgehead atoms. The molecule has 120 valence electrons. The van der Waals surface area contributed by atoms with E-state index in [1.807, 2.05) is 4.90 Å². The van der Waals surface area contributed by atoms with Crippen molar-refractivity contribution in [3.63, 3.8) is 0 Å². The van der Waals surface area contributed by atoms with Crippen molar-refractivity contribution in [2.75, 3.05) is 29.0 Å². The van der Waals surface area contributed by atoms with Gasteiger partial charge in [0.1, 0.15) is 0 Å². The molecule has 2 heterocycles. The molecule has 0 unspecified atom stereocenters. The highest BCUT2D eigenvalue weighted by molar-refractivity contribution is 5.70. The quantitative estimate of drug-likeness (QED) is 0.648. The van der Waals surface area contributed by atoms with E-state index in [0.29, 0.717) is 5.95 Å². The van der Waals surface area contributed by atoms with E-state index in [1.54, 1.807) is 0 Å². The summed E-state index contributed by atoms with van der Waals surface area (Å²) in [5.74, 6) is 0.713. The van der Waals surface area contributed by atoms with Gasteiger partial charge in [0, 0.05) is 19.1 Å². The minimum atomic E-state index is -0.492. The molecule has 1 saturated heterocycles. The van der Waals surface area contributed by atoms with Gasteiger partial charge in [-0.25, -0.2) is 0 Å². The molecule has 1 aliphatic heterocycles. The van der Waals surface area contributed by atoms with Crippen LogP contribution in [0.25, 0.3) is 0 Å². The first-order valence-corrected chi connectivity index (χ1v) is 7.98. The molecule has 1 aromatic heterocycles. The van der Waals surface area contributed by atoms with Gasteiger partial charge in [0.15, 0.2) is 0 Å². The third-order valence-electron chi connectivity index (χ3n) is 4.42. The lowest BCUT2D eigenvalue weighted by molar-refractivity contribution is -0.383. The number of nitrogens with one attached hydrogen (secondary N) is 1. The Hall–Kier alpha value is -2.12. The average Bonchev–Trinajstić information content (AvgIpc) is 3.01. The molecule has 2 fully saturated rings. The fourth-order valence-corrected chi connectivity index (χ4v) is 3.24. The predicted molar refractivity (Wildman–Crippen MR) is 85.0 cm³/mol. The van der Waals surface area contributed by atoms with Crippen molar-refractivity contribution in [2.45, 2.75) is 51.0 Å². The zero-order chi connectivity index (χ0) is 15.5. The maximum Gasteiger partial charge on any atom is 0.353 e. The summed E-state index contributed by atoms with van der Waals surface area (Å²) in [5, 5.41) is 14.5. The maximum atomic E-state index is 11.3. The molecule has 8 nitrogen and oxygen atoms in total. The molecule has 8 heteroatoms. The summed E-state index contributed by atoms with van der Waals surface area (Å²) in [5.41, 5.74) is 5.64. The second-order valence-electron chi connectivity index (χ2n) is 6.04. The van der Waals surface area contributed by atoms with Gasteiger partial charge in [-0.05, 0) is 25.7 Å². The maximum absolute atomic E-state index is 11.3. The van der Waals surface area contributed by atoms with Gasteiger partial charge < -0.3 is 16.0 Å². The number of rotatable bonds is 4. The number of nitrogens with zero attached hydrogens (tertiary/aromatic N) is 4. The number of hydrogen-bond acceptors (Lipinski definition) is 7. The number of nitrogen functional groups attached to an aromatic ring is 1. The van der Waals surface area contributed by atoms with Gasteiger partial charge in [0.05, 0.1) is 4.92 Å². The Morgan fingerprint density at radius 3 is 2.45 bits per heavy atom.